The van der Waals surface area contributed by atoms with Crippen LogP contribution in [0.25, 0.3) is 0 Å². The third-order valence-electron chi connectivity index (χ3n) is 4.94. The quantitative estimate of drug-likeness (QED) is 0.539. The second-order valence-electron chi connectivity index (χ2n) is 7.57. The van der Waals surface area contributed by atoms with Crippen LogP contribution in [0.4, 0.5) is 0 Å². The summed E-state index contributed by atoms with van der Waals surface area (Å²) < 4.78 is 0. The standard InChI is InChI=1S/C18H37N/c1-6-8-9-16(7-2)12-18(5,17-10-11-17)14-19-13-15(3)4/h15-17,19H,6-14H2,1-5H3. The molecule has 0 saturated heterocycles. The summed E-state index contributed by atoms with van der Waals surface area (Å²) in [5.41, 5.74) is 0.559. The van der Waals surface area contributed by atoms with Crippen LogP contribution in [0.1, 0.15) is 79.6 Å². The lowest BCUT2D eigenvalue weighted by molar-refractivity contribution is 0.182. The van der Waals surface area contributed by atoms with Gasteiger partial charge in [-0.1, -0.05) is 60.3 Å². The predicted molar refractivity (Wildman–Crippen MR) is 86.5 cm³/mol. The Hall–Kier alpha value is -0.0400. The van der Waals surface area contributed by atoms with Crippen LogP contribution >= 0.6 is 0 Å². The summed E-state index contributed by atoms with van der Waals surface area (Å²) in [6.07, 6.45) is 9.97. The summed E-state index contributed by atoms with van der Waals surface area (Å²) in [4.78, 5) is 0. The molecule has 2 unspecified atom stereocenters. The average molecular weight is 268 g/mol. The van der Waals surface area contributed by atoms with E-state index in [0.717, 1.165) is 17.8 Å². The van der Waals surface area contributed by atoms with Gasteiger partial charge in [-0.25, -0.2) is 0 Å². The SMILES string of the molecule is CCCCC(CC)CC(C)(CNCC(C)C)C1CC1. The normalized spacial score (nSPS) is 20.5. The summed E-state index contributed by atoms with van der Waals surface area (Å²) in [6, 6.07) is 0. The van der Waals surface area contributed by atoms with E-state index in [2.05, 4.69) is 39.9 Å². The van der Waals surface area contributed by atoms with Crippen LogP contribution in [0.3, 0.4) is 0 Å². The van der Waals surface area contributed by atoms with E-state index in [9.17, 15) is 0 Å². The number of hydrogen-bond donors (Lipinski definition) is 1. The first-order valence-corrected chi connectivity index (χ1v) is 8.72. The highest BCUT2D eigenvalue weighted by molar-refractivity contribution is 4.93. The Bertz CT molecular complexity index is 232. The zero-order valence-corrected chi connectivity index (χ0v) is 14.1. The van der Waals surface area contributed by atoms with Crippen LogP contribution in [-0.2, 0) is 0 Å². The van der Waals surface area contributed by atoms with Gasteiger partial charge in [0.2, 0.25) is 0 Å². The molecule has 19 heavy (non-hydrogen) atoms. The summed E-state index contributed by atoms with van der Waals surface area (Å²) >= 11 is 0. The molecule has 0 spiro atoms. The van der Waals surface area contributed by atoms with Crippen molar-refractivity contribution in [2.45, 2.75) is 79.6 Å². The van der Waals surface area contributed by atoms with E-state index in [-0.39, 0.29) is 0 Å². The largest absolute Gasteiger partial charge is 0.316 e. The predicted octanol–water partition coefficient (Wildman–Crippen LogP) is 5.25. The number of hydrogen-bond acceptors (Lipinski definition) is 1. The second-order valence-corrected chi connectivity index (χ2v) is 7.57. The third-order valence-corrected chi connectivity index (χ3v) is 4.94. The van der Waals surface area contributed by atoms with Crippen LogP contribution in [0, 0.1) is 23.2 Å². The van der Waals surface area contributed by atoms with Gasteiger partial charge in [-0.15, -0.1) is 0 Å². The maximum Gasteiger partial charge on any atom is 0.000803 e. The highest BCUT2D eigenvalue weighted by Gasteiger charge is 2.41. The molecular formula is C18H37N. The Kier molecular flexibility index (Phi) is 7.42. The van der Waals surface area contributed by atoms with E-state index >= 15 is 0 Å². The minimum Gasteiger partial charge on any atom is -0.316 e. The first-order chi connectivity index (χ1) is 9.01. The Morgan fingerprint density at radius 1 is 1.21 bits per heavy atom. The lowest BCUT2D eigenvalue weighted by atomic mass is 9.74. The maximum absolute atomic E-state index is 3.73. The minimum atomic E-state index is 0.559. The summed E-state index contributed by atoms with van der Waals surface area (Å²) in [6.45, 7) is 14.3. The van der Waals surface area contributed by atoms with E-state index in [0.29, 0.717) is 5.41 Å². The molecule has 114 valence electrons. The van der Waals surface area contributed by atoms with Gasteiger partial charge in [0.05, 0.1) is 0 Å². The van der Waals surface area contributed by atoms with Gasteiger partial charge >= 0.3 is 0 Å². The third kappa shape index (κ3) is 6.29. The molecule has 1 aliphatic rings. The molecule has 1 heteroatoms. The average Bonchev–Trinajstić information content (AvgIpc) is 3.18. The minimum absolute atomic E-state index is 0.559. The van der Waals surface area contributed by atoms with Gasteiger partial charge < -0.3 is 5.32 Å². The molecule has 2 atom stereocenters. The van der Waals surface area contributed by atoms with Crippen molar-refractivity contribution in [3.05, 3.63) is 0 Å². The van der Waals surface area contributed by atoms with Gasteiger partial charge in [0.25, 0.3) is 0 Å². The van der Waals surface area contributed by atoms with Crippen LogP contribution in [-0.4, -0.2) is 13.1 Å². The van der Waals surface area contributed by atoms with Gasteiger partial charge in [-0.05, 0) is 49.0 Å². The van der Waals surface area contributed by atoms with Crippen molar-refractivity contribution in [1.29, 1.82) is 0 Å². The molecule has 0 bridgehead atoms. The number of rotatable bonds is 11. The Balaban J connectivity index is 2.44. The molecule has 0 aromatic heterocycles. The van der Waals surface area contributed by atoms with E-state index < -0.39 is 0 Å². The molecule has 0 amide bonds. The van der Waals surface area contributed by atoms with Gasteiger partial charge in [0.15, 0.2) is 0 Å². The van der Waals surface area contributed by atoms with Gasteiger partial charge in [0, 0.05) is 6.54 Å². The van der Waals surface area contributed by atoms with Gasteiger partial charge in [0.1, 0.15) is 0 Å². The van der Waals surface area contributed by atoms with Crippen molar-refractivity contribution in [1.82, 2.24) is 5.32 Å². The molecule has 0 heterocycles. The van der Waals surface area contributed by atoms with E-state index in [1.807, 2.05) is 0 Å². The molecular weight excluding hydrogens is 230 g/mol. The molecule has 0 aliphatic heterocycles. The monoisotopic (exact) mass is 267 g/mol. The second kappa shape index (κ2) is 8.29. The van der Waals surface area contributed by atoms with Crippen molar-refractivity contribution in [2.24, 2.45) is 23.2 Å². The van der Waals surface area contributed by atoms with E-state index in [1.165, 1.54) is 58.0 Å². The molecule has 0 aromatic carbocycles. The highest BCUT2D eigenvalue weighted by Crippen LogP contribution is 2.49. The molecule has 1 N–H and O–H groups in total. The lowest BCUT2D eigenvalue weighted by Gasteiger charge is -2.34. The highest BCUT2D eigenvalue weighted by atomic mass is 14.9. The fraction of sp³-hybridized carbons (Fsp3) is 1.00. The van der Waals surface area contributed by atoms with Gasteiger partial charge in [-0.3, -0.25) is 0 Å². The molecule has 0 radical (unpaired) electrons. The smallest absolute Gasteiger partial charge is 0.000803 e. The zero-order valence-electron chi connectivity index (χ0n) is 14.1. The van der Waals surface area contributed by atoms with Crippen molar-refractivity contribution in [2.75, 3.05) is 13.1 Å². The van der Waals surface area contributed by atoms with Crippen LogP contribution in [0.15, 0.2) is 0 Å². The maximum atomic E-state index is 3.73. The number of unbranched alkanes of at least 4 members (excludes halogenated alkanes) is 1. The Morgan fingerprint density at radius 3 is 2.37 bits per heavy atom. The van der Waals surface area contributed by atoms with Crippen molar-refractivity contribution in [3.8, 4) is 0 Å². The van der Waals surface area contributed by atoms with E-state index in [4.69, 9.17) is 0 Å². The molecule has 1 fully saturated rings. The fourth-order valence-electron chi connectivity index (χ4n) is 3.41. The molecule has 1 saturated carbocycles. The van der Waals surface area contributed by atoms with Crippen LogP contribution < -0.4 is 5.32 Å². The zero-order chi connectivity index (χ0) is 14.3. The molecule has 1 nitrogen and oxygen atoms in total. The topological polar surface area (TPSA) is 12.0 Å². The molecule has 1 aliphatic carbocycles. The lowest BCUT2D eigenvalue weighted by Crippen LogP contribution is -2.37. The summed E-state index contributed by atoms with van der Waals surface area (Å²) in [5.74, 6) is 2.72. The fourth-order valence-corrected chi connectivity index (χ4v) is 3.41. The van der Waals surface area contributed by atoms with Crippen LogP contribution in [0.2, 0.25) is 0 Å². The summed E-state index contributed by atoms with van der Waals surface area (Å²) in [7, 11) is 0. The Labute approximate surface area is 121 Å². The molecule has 1 rings (SSSR count). The summed E-state index contributed by atoms with van der Waals surface area (Å²) in [5, 5.41) is 3.73. The number of nitrogens with one attached hydrogen (secondary N) is 1. The van der Waals surface area contributed by atoms with Crippen molar-refractivity contribution >= 4 is 0 Å². The first-order valence-electron chi connectivity index (χ1n) is 8.72. The van der Waals surface area contributed by atoms with Gasteiger partial charge in [-0.2, -0.15) is 0 Å². The van der Waals surface area contributed by atoms with Crippen molar-refractivity contribution < 1.29 is 0 Å². The molecule has 0 aromatic rings. The first kappa shape index (κ1) is 17.0. The van der Waals surface area contributed by atoms with Crippen LogP contribution in [0.5, 0.6) is 0 Å². The van der Waals surface area contributed by atoms with Crippen molar-refractivity contribution in [3.63, 3.8) is 0 Å². The Morgan fingerprint density at radius 2 is 1.89 bits per heavy atom. The van der Waals surface area contributed by atoms with E-state index in [1.54, 1.807) is 0 Å².